The number of ether oxygens (including phenoxy) is 3. The molecule has 240 valence electrons. The molecule has 3 saturated heterocycles. The molecule has 0 aromatic heterocycles. The molecule has 4 atom stereocenters. The average molecular weight is 618 g/mol. The minimum absolute atomic E-state index is 0.0141. The molecule has 0 bridgehead atoms. The van der Waals surface area contributed by atoms with Gasteiger partial charge >= 0.3 is 12.1 Å². The lowest BCUT2D eigenvalue weighted by Gasteiger charge is -2.36. The summed E-state index contributed by atoms with van der Waals surface area (Å²) >= 11 is 0. The fraction of sp³-hybridized carbons (Fsp3) is 0.576. The number of amides is 1. The minimum Gasteiger partial charge on any atom is -0.497 e. The van der Waals surface area contributed by atoms with E-state index >= 15 is 0 Å². The normalized spacial score (nSPS) is 26.2. The number of rotatable bonds is 8. The van der Waals surface area contributed by atoms with E-state index in [9.17, 15) is 22.8 Å². The lowest BCUT2D eigenvalue weighted by molar-refractivity contribution is -0.146. The van der Waals surface area contributed by atoms with Crippen LogP contribution in [0.3, 0.4) is 0 Å². The highest BCUT2D eigenvalue weighted by Crippen LogP contribution is 2.46. The summed E-state index contributed by atoms with van der Waals surface area (Å²) in [7, 11) is 4.57. The van der Waals surface area contributed by atoms with Crippen LogP contribution in [0.5, 0.6) is 5.75 Å². The highest BCUT2D eigenvalue weighted by Gasteiger charge is 2.51. The van der Waals surface area contributed by atoms with Gasteiger partial charge in [-0.25, -0.2) is 0 Å². The molecule has 0 aliphatic carbocycles. The summed E-state index contributed by atoms with van der Waals surface area (Å²) in [5, 5.41) is 3.42. The van der Waals surface area contributed by atoms with Crippen LogP contribution in [0.25, 0.3) is 0 Å². The number of piperidine rings is 1. The molecule has 3 aliphatic heterocycles. The zero-order valence-corrected chi connectivity index (χ0v) is 25.8. The molecule has 0 unspecified atom stereocenters. The molecule has 0 saturated carbocycles. The van der Waals surface area contributed by atoms with Crippen molar-refractivity contribution < 1.29 is 37.0 Å². The fourth-order valence-electron chi connectivity index (χ4n) is 7.30. The summed E-state index contributed by atoms with van der Waals surface area (Å²) < 4.78 is 57.3. The Morgan fingerprint density at radius 3 is 2.36 bits per heavy atom. The molecular formula is C33H42F3N3O5. The Bertz CT molecular complexity index is 1330. The topological polar surface area (TPSA) is 80.3 Å². The van der Waals surface area contributed by atoms with E-state index in [-0.39, 0.29) is 35.7 Å². The average Bonchev–Trinajstić information content (AvgIpc) is 3.64. The first-order valence-electron chi connectivity index (χ1n) is 15.2. The molecule has 2 aromatic carbocycles. The summed E-state index contributed by atoms with van der Waals surface area (Å²) in [6.45, 7) is 4.77. The number of nitrogens with zero attached hydrogens (tertiary/aromatic N) is 2. The second-order valence-corrected chi connectivity index (χ2v) is 12.4. The number of carbonyl (C=O) groups is 2. The first-order chi connectivity index (χ1) is 21.0. The Morgan fingerprint density at radius 1 is 1.05 bits per heavy atom. The van der Waals surface area contributed by atoms with Crippen molar-refractivity contribution in [1.29, 1.82) is 0 Å². The van der Waals surface area contributed by atoms with Gasteiger partial charge in [0.05, 0.1) is 43.8 Å². The van der Waals surface area contributed by atoms with Crippen LogP contribution in [0.4, 0.5) is 18.9 Å². The Morgan fingerprint density at radius 2 is 1.75 bits per heavy atom. The first-order valence-corrected chi connectivity index (χ1v) is 15.2. The molecule has 8 nitrogen and oxygen atoms in total. The van der Waals surface area contributed by atoms with Gasteiger partial charge < -0.3 is 29.3 Å². The van der Waals surface area contributed by atoms with E-state index in [1.165, 1.54) is 13.2 Å². The number of alkyl halides is 3. The van der Waals surface area contributed by atoms with Gasteiger partial charge in [-0.1, -0.05) is 18.2 Å². The van der Waals surface area contributed by atoms with Crippen LogP contribution in [0.2, 0.25) is 0 Å². The number of nitrogens with one attached hydrogen (secondary N) is 1. The summed E-state index contributed by atoms with van der Waals surface area (Å²) in [5.74, 6) is -0.0231. The maximum atomic E-state index is 14.4. The molecule has 1 N–H and O–H groups in total. The van der Waals surface area contributed by atoms with Gasteiger partial charge in [0, 0.05) is 57.4 Å². The van der Waals surface area contributed by atoms with Crippen molar-refractivity contribution in [2.24, 2.45) is 11.3 Å². The van der Waals surface area contributed by atoms with Crippen LogP contribution >= 0.6 is 0 Å². The fourth-order valence-corrected chi connectivity index (χ4v) is 7.30. The quantitative estimate of drug-likeness (QED) is 0.426. The monoisotopic (exact) mass is 617 g/mol. The Labute approximate surface area is 256 Å². The molecule has 11 heteroatoms. The van der Waals surface area contributed by atoms with E-state index < -0.39 is 17.2 Å². The molecule has 3 heterocycles. The maximum Gasteiger partial charge on any atom is 0.416 e. The van der Waals surface area contributed by atoms with Gasteiger partial charge in [0.25, 0.3) is 0 Å². The first kappa shape index (κ1) is 32.1. The molecule has 3 aliphatic rings. The molecule has 44 heavy (non-hydrogen) atoms. The third-order valence-corrected chi connectivity index (χ3v) is 9.82. The van der Waals surface area contributed by atoms with Crippen LogP contribution in [0.15, 0.2) is 42.5 Å². The van der Waals surface area contributed by atoms with Crippen LogP contribution < -0.4 is 15.0 Å². The van der Waals surface area contributed by atoms with Crippen molar-refractivity contribution in [3.8, 4) is 5.75 Å². The van der Waals surface area contributed by atoms with E-state index in [1.807, 2.05) is 41.0 Å². The van der Waals surface area contributed by atoms with Gasteiger partial charge in [-0.3, -0.25) is 9.59 Å². The van der Waals surface area contributed by atoms with Gasteiger partial charge in [-0.15, -0.1) is 0 Å². The van der Waals surface area contributed by atoms with Gasteiger partial charge in [0.15, 0.2) is 0 Å². The van der Waals surface area contributed by atoms with Crippen molar-refractivity contribution in [3.05, 3.63) is 59.2 Å². The van der Waals surface area contributed by atoms with Crippen LogP contribution in [0, 0.1) is 11.3 Å². The summed E-state index contributed by atoms with van der Waals surface area (Å²) in [4.78, 5) is 30.4. The largest absolute Gasteiger partial charge is 0.497 e. The number of hydrogen-bond donors (Lipinski definition) is 1. The number of anilines is 1. The van der Waals surface area contributed by atoms with E-state index in [0.29, 0.717) is 64.3 Å². The Kier molecular flexibility index (Phi) is 9.46. The van der Waals surface area contributed by atoms with Gasteiger partial charge in [0.2, 0.25) is 5.91 Å². The number of benzene rings is 2. The lowest BCUT2D eigenvalue weighted by atomic mass is 9.74. The van der Waals surface area contributed by atoms with Gasteiger partial charge in [0.1, 0.15) is 5.75 Å². The van der Waals surface area contributed by atoms with Crippen molar-refractivity contribution in [1.82, 2.24) is 10.2 Å². The zero-order chi connectivity index (χ0) is 31.6. The van der Waals surface area contributed by atoms with Gasteiger partial charge in [-0.05, 0) is 61.6 Å². The van der Waals surface area contributed by atoms with E-state index in [4.69, 9.17) is 14.2 Å². The molecule has 3 fully saturated rings. The summed E-state index contributed by atoms with van der Waals surface area (Å²) in [5.41, 5.74) is 0.924. The summed E-state index contributed by atoms with van der Waals surface area (Å²) in [6, 6.07) is 11.5. The van der Waals surface area contributed by atoms with E-state index in [2.05, 4.69) is 5.32 Å². The smallest absolute Gasteiger partial charge is 0.416 e. The SMILES string of the molecule is COC[C@@H]1C[C@@H](c2ccc(C(F)(F)F)cc2N2CCC(C(=O)OC)CC2)CN1C(=O)[C@]1(C)CNC[C@H]1c1ccc(OC)cc1. The predicted molar refractivity (Wildman–Crippen MR) is 160 cm³/mol. The maximum absolute atomic E-state index is 14.4. The predicted octanol–water partition coefficient (Wildman–Crippen LogP) is 4.83. The molecule has 1 amide bonds. The van der Waals surface area contributed by atoms with Gasteiger partial charge in [-0.2, -0.15) is 13.2 Å². The van der Waals surface area contributed by atoms with Crippen molar-refractivity contribution in [2.45, 2.75) is 50.2 Å². The molecule has 0 spiro atoms. The number of likely N-dealkylation sites (tertiary alicyclic amines) is 1. The third kappa shape index (κ3) is 6.26. The van der Waals surface area contributed by atoms with E-state index in [0.717, 1.165) is 22.9 Å². The second-order valence-electron chi connectivity index (χ2n) is 12.4. The van der Waals surface area contributed by atoms with Crippen molar-refractivity contribution >= 4 is 17.6 Å². The number of carbonyl (C=O) groups excluding carboxylic acids is 2. The molecule has 5 rings (SSSR count). The van der Waals surface area contributed by atoms with Crippen LogP contribution in [-0.4, -0.2) is 83.5 Å². The highest BCUT2D eigenvalue weighted by atomic mass is 19.4. The standard InChI is InChI=1S/C33H42F3N3O5/c1-32(20-37-17-28(32)21-5-8-26(43-3)9-6-21)31(41)39-18-23(15-25(39)19-42-2)27-10-7-24(33(34,35)36)16-29(27)38-13-11-22(12-14-38)30(40)44-4/h5-10,16,22-23,25,28,37H,11-15,17-20H2,1-4H3/t23-,25+,28+,32-/m1/s1. The molecule has 0 radical (unpaired) electrons. The number of halogens is 3. The van der Waals surface area contributed by atoms with Crippen LogP contribution in [0.1, 0.15) is 54.7 Å². The lowest BCUT2D eigenvalue weighted by Crippen LogP contribution is -2.49. The van der Waals surface area contributed by atoms with Crippen LogP contribution in [-0.2, 0) is 25.2 Å². The highest BCUT2D eigenvalue weighted by molar-refractivity contribution is 5.85. The van der Waals surface area contributed by atoms with Crippen molar-refractivity contribution in [2.75, 3.05) is 65.6 Å². The zero-order valence-electron chi connectivity index (χ0n) is 25.8. The summed E-state index contributed by atoms with van der Waals surface area (Å²) in [6.07, 6.45) is -2.91. The molecule has 2 aromatic rings. The number of esters is 1. The molecular weight excluding hydrogens is 575 g/mol. The number of methoxy groups -OCH3 is 3. The Hall–Kier alpha value is -3.31. The third-order valence-electron chi connectivity index (χ3n) is 9.82. The minimum atomic E-state index is -4.49. The van der Waals surface area contributed by atoms with E-state index in [1.54, 1.807) is 20.3 Å². The number of hydrogen-bond acceptors (Lipinski definition) is 7. The Balaban J connectivity index is 1.43. The van der Waals surface area contributed by atoms with Crippen molar-refractivity contribution in [3.63, 3.8) is 0 Å². The second kappa shape index (κ2) is 13.0.